The molecule has 0 aliphatic carbocycles. The van der Waals surface area contributed by atoms with Crippen molar-refractivity contribution in [2.45, 2.75) is 0 Å². The summed E-state index contributed by atoms with van der Waals surface area (Å²) in [6.07, 6.45) is 0. The lowest BCUT2D eigenvalue weighted by atomic mass is 10.2. The fourth-order valence-electron chi connectivity index (χ4n) is 1.71. The fraction of sp³-hybridized carbons (Fsp3) is 0. The summed E-state index contributed by atoms with van der Waals surface area (Å²) in [6.45, 7) is 0. The van der Waals surface area contributed by atoms with Crippen molar-refractivity contribution in [3.05, 3.63) is 56.7 Å². The van der Waals surface area contributed by atoms with E-state index in [0.717, 1.165) is 10.6 Å². The SMILES string of the molecule is O=C(Nc1nc(-c2cccs2)cs1)c1ccc(Cl)cc1Cl. The third-order valence-electron chi connectivity index (χ3n) is 2.67. The van der Waals surface area contributed by atoms with Gasteiger partial charge in [-0.1, -0.05) is 29.3 Å². The molecule has 2 aromatic heterocycles. The second-order valence-corrected chi connectivity index (χ2v) is 6.74. The topological polar surface area (TPSA) is 42.0 Å². The Kier molecular flexibility index (Phi) is 4.26. The molecule has 0 atom stereocenters. The van der Waals surface area contributed by atoms with Crippen molar-refractivity contribution < 1.29 is 4.79 Å². The predicted octanol–water partition coefficient (Wildman–Crippen LogP) is 5.43. The molecule has 0 fully saturated rings. The van der Waals surface area contributed by atoms with E-state index in [-0.39, 0.29) is 5.91 Å². The zero-order chi connectivity index (χ0) is 14.8. The zero-order valence-electron chi connectivity index (χ0n) is 10.5. The van der Waals surface area contributed by atoms with E-state index in [1.165, 1.54) is 17.4 Å². The standard InChI is InChI=1S/C14H8Cl2N2OS2/c15-8-3-4-9(10(16)6-8)13(19)18-14-17-11(7-21-14)12-2-1-5-20-12/h1-7H,(H,17,18,19). The minimum absolute atomic E-state index is 0.302. The number of carbonyl (C=O) groups excluding carboxylic acids is 1. The molecule has 0 aliphatic rings. The van der Waals surface area contributed by atoms with E-state index in [4.69, 9.17) is 23.2 Å². The van der Waals surface area contributed by atoms with Crippen LogP contribution in [0.25, 0.3) is 10.6 Å². The molecule has 0 unspecified atom stereocenters. The number of thiophene rings is 1. The van der Waals surface area contributed by atoms with Gasteiger partial charge in [-0.15, -0.1) is 22.7 Å². The lowest BCUT2D eigenvalue weighted by molar-refractivity contribution is 0.102. The number of rotatable bonds is 3. The van der Waals surface area contributed by atoms with E-state index in [0.29, 0.717) is 20.7 Å². The Morgan fingerprint density at radius 2 is 2.05 bits per heavy atom. The number of amides is 1. The Morgan fingerprint density at radius 1 is 1.19 bits per heavy atom. The minimum Gasteiger partial charge on any atom is -0.298 e. The maximum absolute atomic E-state index is 12.2. The predicted molar refractivity (Wildman–Crippen MR) is 89.8 cm³/mol. The number of benzene rings is 1. The van der Waals surface area contributed by atoms with Crippen LogP contribution in [0.5, 0.6) is 0 Å². The van der Waals surface area contributed by atoms with E-state index < -0.39 is 0 Å². The summed E-state index contributed by atoms with van der Waals surface area (Å²) in [7, 11) is 0. The van der Waals surface area contributed by atoms with Crippen molar-refractivity contribution in [2.75, 3.05) is 5.32 Å². The summed E-state index contributed by atoms with van der Waals surface area (Å²) in [5.41, 5.74) is 1.22. The van der Waals surface area contributed by atoms with E-state index in [9.17, 15) is 4.79 Å². The van der Waals surface area contributed by atoms with Gasteiger partial charge in [0.15, 0.2) is 5.13 Å². The molecule has 3 nitrogen and oxygen atoms in total. The van der Waals surface area contributed by atoms with Crippen LogP contribution in [0.1, 0.15) is 10.4 Å². The Balaban J connectivity index is 1.79. The smallest absolute Gasteiger partial charge is 0.258 e. The van der Waals surface area contributed by atoms with Gasteiger partial charge in [0, 0.05) is 10.4 Å². The third kappa shape index (κ3) is 3.27. The van der Waals surface area contributed by atoms with Gasteiger partial charge in [-0.3, -0.25) is 10.1 Å². The highest BCUT2D eigenvalue weighted by atomic mass is 35.5. The molecule has 3 rings (SSSR count). The van der Waals surface area contributed by atoms with E-state index in [1.54, 1.807) is 23.5 Å². The molecule has 0 bridgehead atoms. The lowest BCUT2D eigenvalue weighted by Gasteiger charge is -2.04. The van der Waals surface area contributed by atoms with Gasteiger partial charge in [0.2, 0.25) is 0 Å². The first-order valence-corrected chi connectivity index (χ1v) is 8.41. The highest BCUT2D eigenvalue weighted by Crippen LogP contribution is 2.29. The molecule has 1 aromatic carbocycles. The van der Waals surface area contributed by atoms with Crippen molar-refractivity contribution in [1.82, 2.24) is 4.98 Å². The number of aromatic nitrogens is 1. The van der Waals surface area contributed by atoms with Crippen LogP contribution in [0.3, 0.4) is 0 Å². The van der Waals surface area contributed by atoms with Crippen LogP contribution in [0.4, 0.5) is 5.13 Å². The average Bonchev–Trinajstić information content (AvgIpc) is 3.08. The summed E-state index contributed by atoms with van der Waals surface area (Å²) >= 11 is 14.8. The van der Waals surface area contributed by atoms with Gasteiger partial charge in [-0.2, -0.15) is 0 Å². The number of thiazole rings is 1. The van der Waals surface area contributed by atoms with Gasteiger partial charge in [-0.25, -0.2) is 4.98 Å². The molecule has 1 amide bonds. The van der Waals surface area contributed by atoms with E-state index in [1.807, 2.05) is 22.9 Å². The number of anilines is 1. The molecule has 0 radical (unpaired) electrons. The van der Waals surface area contributed by atoms with Crippen molar-refractivity contribution in [3.63, 3.8) is 0 Å². The molecular weight excluding hydrogens is 347 g/mol. The molecule has 7 heteroatoms. The molecule has 1 N–H and O–H groups in total. The number of halogens is 2. The molecule has 2 heterocycles. The first kappa shape index (κ1) is 14.5. The largest absolute Gasteiger partial charge is 0.298 e. The van der Waals surface area contributed by atoms with Crippen LogP contribution in [-0.4, -0.2) is 10.9 Å². The summed E-state index contributed by atoms with van der Waals surface area (Å²) in [6, 6.07) is 8.71. The number of nitrogens with zero attached hydrogens (tertiary/aromatic N) is 1. The van der Waals surface area contributed by atoms with Crippen molar-refractivity contribution in [2.24, 2.45) is 0 Å². The van der Waals surface area contributed by atoms with Gasteiger partial charge in [-0.05, 0) is 29.6 Å². The van der Waals surface area contributed by atoms with Crippen LogP contribution < -0.4 is 5.32 Å². The van der Waals surface area contributed by atoms with Crippen LogP contribution in [0.2, 0.25) is 10.0 Å². The molecule has 0 saturated carbocycles. The first-order chi connectivity index (χ1) is 10.1. The fourth-order valence-corrected chi connectivity index (χ4v) is 3.67. The summed E-state index contributed by atoms with van der Waals surface area (Å²) in [4.78, 5) is 17.6. The van der Waals surface area contributed by atoms with Gasteiger partial charge >= 0.3 is 0 Å². The van der Waals surface area contributed by atoms with Gasteiger partial charge < -0.3 is 0 Å². The highest BCUT2D eigenvalue weighted by molar-refractivity contribution is 7.16. The third-order valence-corrected chi connectivity index (χ3v) is 4.87. The molecule has 0 aliphatic heterocycles. The average molecular weight is 355 g/mol. The Hall–Kier alpha value is -1.40. The van der Waals surface area contributed by atoms with Crippen LogP contribution in [-0.2, 0) is 0 Å². The molecule has 106 valence electrons. The quantitative estimate of drug-likeness (QED) is 0.681. The van der Waals surface area contributed by atoms with Gasteiger partial charge in [0.05, 0.1) is 21.2 Å². The van der Waals surface area contributed by atoms with Crippen LogP contribution in [0.15, 0.2) is 41.1 Å². The Bertz CT molecular complexity index is 784. The Labute approximate surface area is 139 Å². The highest BCUT2D eigenvalue weighted by Gasteiger charge is 2.13. The monoisotopic (exact) mass is 354 g/mol. The normalized spacial score (nSPS) is 10.6. The van der Waals surface area contributed by atoms with Crippen LogP contribution in [0, 0.1) is 0 Å². The lowest BCUT2D eigenvalue weighted by Crippen LogP contribution is -2.12. The van der Waals surface area contributed by atoms with Crippen molar-refractivity contribution >= 4 is 56.9 Å². The number of nitrogens with one attached hydrogen (secondary N) is 1. The summed E-state index contributed by atoms with van der Waals surface area (Å²) in [5, 5.41) is 7.98. The molecule has 21 heavy (non-hydrogen) atoms. The van der Waals surface area contributed by atoms with Crippen molar-refractivity contribution in [1.29, 1.82) is 0 Å². The second kappa shape index (κ2) is 6.15. The second-order valence-electron chi connectivity index (χ2n) is 4.09. The van der Waals surface area contributed by atoms with E-state index in [2.05, 4.69) is 10.3 Å². The summed E-state index contributed by atoms with van der Waals surface area (Å²) < 4.78 is 0. The summed E-state index contributed by atoms with van der Waals surface area (Å²) in [5.74, 6) is -0.302. The number of hydrogen-bond donors (Lipinski definition) is 1. The number of carbonyl (C=O) groups is 1. The molecular formula is C14H8Cl2N2OS2. The molecule has 3 aromatic rings. The maximum atomic E-state index is 12.2. The molecule has 0 spiro atoms. The maximum Gasteiger partial charge on any atom is 0.258 e. The zero-order valence-corrected chi connectivity index (χ0v) is 13.6. The van der Waals surface area contributed by atoms with Crippen molar-refractivity contribution in [3.8, 4) is 10.6 Å². The van der Waals surface area contributed by atoms with Crippen LogP contribution >= 0.6 is 45.9 Å². The molecule has 0 saturated heterocycles. The van der Waals surface area contributed by atoms with E-state index >= 15 is 0 Å². The Morgan fingerprint density at radius 3 is 2.76 bits per heavy atom. The minimum atomic E-state index is -0.302. The number of hydrogen-bond acceptors (Lipinski definition) is 4. The first-order valence-electron chi connectivity index (χ1n) is 5.89. The van der Waals surface area contributed by atoms with Gasteiger partial charge in [0.25, 0.3) is 5.91 Å². The van der Waals surface area contributed by atoms with Gasteiger partial charge in [0.1, 0.15) is 0 Å².